The maximum absolute atomic E-state index is 14.0. The van der Waals surface area contributed by atoms with Crippen molar-refractivity contribution < 1.29 is 9.18 Å². The molecule has 0 atom stereocenters. The highest BCUT2D eigenvalue weighted by Gasteiger charge is 2.23. The van der Waals surface area contributed by atoms with Crippen LogP contribution in [0.25, 0.3) is 10.2 Å². The number of aryl methyl sites for hydroxylation is 1. The van der Waals surface area contributed by atoms with E-state index in [1.807, 2.05) is 10.8 Å². The number of amides is 1. The number of benzene rings is 1. The molecule has 0 aliphatic carbocycles. The van der Waals surface area contributed by atoms with E-state index in [4.69, 9.17) is 11.6 Å². The van der Waals surface area contributed by atoms with E-state index in [-0.39, 0.29) is 29.6 Å². The van der Waals surface area contributed by atoms with Crippen molar-refractivity contribution in [1.82, 2.24) is 14.5 Å². The summed E-state index contributed by atoms with van der Waals surface area (Å²) in [6.07, 6.45) is 6.03. The third kappa shape index (κ3) is 4.35. The number of halogens is 3. The molecule has 0 saturated carbocycles. The average Bonchev–Trinajstić information content (AvgIpc) is 3.39. The molecule has 28 heavy (non-hydrogen) atoms. The maximum atomic E-state index is 14.0. The van der Waals surface area contributed by atoms with E-state index in [9.17, 15) is 9.18 Å². The number of carbonyl (C=O) groups is 1. The largest absolute Gasteiger partial charge is 0.337 e. The van der Waals surface area contributed by atoms with Gasteiger partial charge in [0.2, 0.25) is 0 Å². The minimum atomic E-state index is -0.389. The molecule has 4 rings (SSSR count). The predicted molar refractivity (Wildman–Crippen MR) is 115 cm³/mol. The highest BCUT2D eigenvalue weighted by Crippen LogP contribution is 2.32. The van der Waals surface area contributed by atoms with Crippen LogP contribution in [0, 0.1) is 5.82 Å². The van der Waals surface area contributed by atoms with Crippen LogP contribution < -0.4 is 4.90 Å². The zero-order valence-corrected chi connectivity index (χ0v) is 17.6. The number of anilines is 1. The van der Waals surface area contributed by atoms with Gasteiger partial charge >= 0.3 is 0 Å². The molecule has 1 amide bonds. The third-order valence-corrected chi connectivity index (χ3v) is 6.24. The number of carbonyl (C=O) groups excluding carboxylic acids is 1. The molecule has 0 N–H and O–H groups in total. The monoisotopic (exact) mass is 456 g/mol. The second-order valence-electron chi connectivity index (χ2n) is 5.80. The maximum Gasteiger partial charge on any atom is 0.270 e. The Morgan fingerprint density at radius 3 is 2.79 bits per heavy atom. The molecule has 0 unspecified atom stereocenters. The van der Waals surface area contributed by atoms with Crippen LogP contribution >= 0.6 is 46.7 Å². The molecule has 10 heteroatoms. The lowest BCUT2D eigenvalue weighted by Crippen LogP contribution is -2.31. The highest BCUT2D eigenvalue weighted by molar-refractivity contribution is 7.22. The van der Waals surface area contributed by atoms with Crippen molar-refractivity contribution in [3.63, 3.8) is 0 Å². The van der Waals surface area contributed by atoms with Gasteiger partial charge < -0.3 is 4.57 Å². The number of rotatable bonds is 6. The minimum absolute atomic E-state index is 0. The molecular weight excluding hydrogens is 442 g/mol. The summed E-state index contributed by atoms with van der Waals surface area (Å²) in [5.41, 5.74) is 0.286. The van der Waals surface area contributed by atoms with Gasteiger partial charge in [0.25, 0.3) is 5.91 Å². The molecule has 0 saturated heterocycles. The van der Waals surface area contributed by atoms with Gasteiger partial charge in [0.15, 0.2) is 5.13 Å². The number of thiophene rings is 1. The molecule has 3 aromatic heterocycles. The summed E-state index contributed by atoms with van der Waals surface area (Å²) in [4.78, 5) is 23.6. The zero-order valence-electron chi connectivity index (χ0n) is 14.4. The van der Waals surface area contributed by atoms with Crippen LogP contribution in [-0.2, 0) is 6.54 Å². The summed E-state index contributed by atoms with van der Waals surface area (Å²) in [5, 5.41) is 0.482. The fraction of sp³-hybridized carbons (Fsp3) is 0.167. The molecule has 0 radical (unpaired) electrons. The van der Waals surface area contributed by atoms with Crippen molar-refractivity contribution in [3.8, 4) is 0 Å². The highest BCUT2D eigenvalue weighted by atomic mass is 35.5. The Morgan fingerprint density at radius 1 is 1.25 bits per heavy atom. The fourth-order valence-corrected chi connectivity index (χ4v) is 4.69. The van der Waals surface area contributed by atoms with E-state index in [0.29, 0.717) is 38.6 Å². The molecule has 0 fully saturated rings. The van der Waals surface area contributed by atoms with Gasteiger partial charge in [0.1, 0.15) is 11.3 Å². The first kappa shape index (κ1) is 20.7. The van der Waals surface area contributed by atoms with Crippen LogP contribution in [-0.4, -0.2) is 27.0 Å². The Kier molecular flexibility index (Phi) is 6.66. The van der Waals surface area contributed by atoms with Gasteiger partial charge in [-0.15, -0.1) is 23.7 Å². The minimum Gasteiger partial charge on any atom is -0.337 e. The summed E-state index contributed by atoms with van der Waals surface area (Å²) in [6.45, 7) is 1.17. The molecule has 0 aliphatic heterocycles. The van der Waals surface area contributed by atoms with Crippen molar-refractivity contribution in [3.05, 3.63) is 64.1 Å². The van der Waals surface area contributed by atoms with Crippen molar-refractivity contribution in [2.24, 2.45) is 0 Å². The number of aromatic nitrogens is 3. The summed E-state index contributed by atoms with van der Waals surface area (Å²) in [5.74, 6) is -0.572. The lowest BCUT2D eigenvalue weighted by atomic mass is 10.3. The van der Waals surface area contributed by atoms with Gasteiger partial charge in [-0.05, 0) is 30.7 Å². The van der Waals surface area contributed by atoms with Crippen LogP contribution in [0.5, 0.6) is 0 Å². The Morgan fingerprint density at radius 2 is 2.11 bits per heavy atom. The quantitative estimate of drug-likeness (QED) is 0.384. The van der Waals surface area contributed by atoms with Crippen LogP contribution in [0.15, 0.2) is 49.1 Å². The molecule has 1 aromatic carbocycles. The fourth-order valence-electron chi connectivity index (χ4n) is 2.70. The smallest absolute Gasteiger partial charge is 0.270 e. The lowest BCUT2D eigenvalue weighted by Gasteiger charge is -2.19. The van der Waals surface area contributed by atoms with Gasteiger partial charge in [-0.25, -0.2) is 14.4 Å². The van der Waals surface area contributed by atoms with Gasteiger partial charge in [0.05, 0.1) is 20.2 Å². The van der Waals surface area contributed by atoms with E-state index in [1.54, 1.807) is 41.7 Å². The van der Waals surface area contributed by atoms with E-state index in [2.05, 4.69) is 9.97 Å². The number of imidazole rings is 1. The predicted octanol–water partition coefficient (Wildman–Crippen LogP) is 5.51. The van der Waals surface area contributed by atoms with Crippen molar-refractivity contribution in [2.45, 2.75) is 13.0 Å². The average molecular weight is 457 g/mol. The van der Waals surface area contributed by atoms with E-state index in [1.165, 1.54) is 28.7 Å². The van der Waals surface area contributed by atoms with Gasteiger partial charge in [-0.2, -0.15) is 0 Å². The summed E-state index contributed by atoms with van der Waals surface area (Å²) in [7, 11) is 0. The molecular formula is C18H15Cl2FN4OS2. The Bertz CT molecular complexity index is 1080. The first-order valence-electron chi connectivity index (χ1n) is 8.20. The lowest BCUT2D eigenvalue weighted by molar-refractivity contribution is 0.0990. The summed E-state index contributed by atoms with van der Waals surface area (Å²) >= 11 is 8.51. The second-order valence-corrected chi connectivity index (χ2v) is 8.52. The van der Waals surface area contributed by atoms with Gasteiger partial charge in [-0.3, -0.25) is 9.69 Å². The first-order valence-corrected chi connectivity index (χ1v) is 10.2. The summed E-state index contributed by atoms with van der Waals surface area (Å²) < 4.78 is 17.2. The van der Waals surface area contributed by atoms with Crippen molar-refractivity contribution in [1.29, 1.82) is 0 Å². The van der Waals surface area contributed by atoms with E-state index >= 15 is 0 Å². The van der Waals surface area contributed by atoms with Crippen molar-refractivity contribution in [2.75, 3.05) is 11.4 Å². The Labute approximate surface area is 179 Å². The number of nitrogens with zero attached hydrogens (tertiary/aromatic N) is 4. The molecule has 3 heterocycles. The Balaban J connectivity index is 0.00000225. The normalized spacial score (nSPS) is 10.8. The molecule has 0 spiro atoms. The molecule has 4 aromatic rings. The topological polar surface area (TPSA) is 51.0 Å². The van der Waals surface area contributed by atoms with Gasteiger partial charge in [-0.1, -0.05) is 29.0 Å². The number of hydrogen-bond donors (Lipinski definition) is 0. The van der Waals surface area contributed by atoms with Crippen LogP contribution in [0.4, 0.5) is 9.52 Å². The van der Waals surface area contributed by atoms with Gasteiger partial charge in [0, 0.05) is 25.5 Å². The van der Waals surface area contributed by atoms with Crippen LogP contribution in [0.3, 0.4) is 0 Å². The second kappa shape index (κ2) is 9.00. The number of thiazole rings is 1. The molecule has 146 valence electrons. The van der Waals surface area contributed by atoms with Crippen molar-refractivity contribution >= 4 is 67.9 Å². The molecule has 0 bridgehead atoms. The SMILES string of the molecule is Cl.O=C(c1ccc(Cl)s1)N(CCCn1ccnc1)c1nc2c(F)cccc2s1. The zero-order chi connectivity index (χ0) is 18.8. The van der Waals surface area contributed by atoms with E-state index in [0.717, 1.165) is 0 Å². The molecule has 5 nitrogen and oxygen atoms in total. The standard InChI is InChI=1S/C18H14ClFN4OS2.ClH/c19-15-6-5-14(26-15)17(25)24(9-2-8-23-10-7-21-11-23)18-22-16-12(20)3-1-4-13(16)27-18;/h1,3-7,10-11H,2,8-9H2;1H. The number of hydrogen-bond acceptors (Lipinski definition) is 5. The number of fused-ring (bicyclic) bond motifs is 1. The summed E-state index contributed by atoms with van der Waals surface area (Å²) in [6, 6.07) is 8.21. The molecule has 0 aliphatic rings. The Hall–Kier alpha value is -2.00. The third-order valence-electron chi connectivity index (χ3n) is 3.98. The van der Waals surface area contributed by atoms with E-state index < -0.39 is 0 Å². The van der Waals surface area contributed by atoms with Crippen LogP contribution in [0.1, 0.15) is 16.1 Å². The van der Waals surface area contributed by atoms with Crippen LogP contribution in [0.2, 0.25) is 4.34 Å². The first-order chi connectivity index (χ1) is 13.1. The number of para-hydroxylation sites is 1.